The summed E-state index contributed by atoms with van der Waals surface area (Å²) in [6.45, 7) is 0. The Bertz CT molecular complexity index is 332. The fourth-order valence-corrected chi connectivity index (χ4v) is 0.871. The zero-order valence-corrected chi connectivity index (χ0v) is 7.20. The van der Waals surface area contributed by atoms with Gasteiger partial charge in [0.25, 0.3) is 0 Å². The molecule has 0 spiro atoms. The van der Waals surface area contributed by atoms with Gasteiger partial charge in [-0.15, -0.1) is 0 Å². The molecule has 76 valence electrons. The van der Waals surface area contributed by atoms with E-state index in [4.69, 9.17) is 10.0 Å². The summed E-state index contributed by atoms with van der Waals surface area (Å²) < 4.78 is 34.6. The van der Waals surface area contributed by atoms with Crippen LogP contribution in [0, 0.1) is 11.6 Å². The Labute approximate surface area is 78.9 Å². The number of hydrogen-bond acceptors (Lipinski definition) is 4. The molecule has 0 aromatic heterocycles. The molecule has 0 atom stereocenters. The summed E-state index contributed by atoms with van der Waals surface area (Å²) in [5.74, 6) is -2.69. The van der Waals surface area contributed by atoms with Gasteiger partial charge in [-0.2, -0.15) is 0 Å². The highest BCUT2D eigenvalue weighted by atomic mass is 19.1. The van der Waals surface area contributed by atoms with Crippen molar-refractivity contribution in [2.75, 3.05) is 7.11 Å². The molecular formula is C7H7BF2O4. The molecule has 1 aromatic rings. The van der Waals surface area contributed by atoms with Gasteiger partial charge in [0.1, 0.15) is 5.75 Å². The summed E-state index contributed by atoms with van der Waals surface area (Å²) in [7, 11) is -1.02. The Kier molecular flexibility index (Phi) is 3.26. The molecule has 7 heteroatoms. The van der Waals surface area contributed by atoms with E-state index in [1.54, 1.807) is 0 Å². The van der Waals surface area contributed by atoms with E-state index in [0.717, 1.165) is 6.07 Å². The van der Waals surface area contributed by atoms with Crippen molar-refractivity contribution in [3.8, 4) is 11.5 Å². The van der Waals surface area contributed by atoms with E-state index in [1.165, 1.54) is 7.11 Å². The van der Waals surface area contributed by atoms with E-state index in [2.05, 4.69) is 9.39 Å². The Morgan fingerprint density at radius 3 is 2.14 bits per heavy atom. The van der Waals surface area contributed by atoms with Crippen molar-refractivity contribution in [3.05, 3.63) is 23.8 Å². The monoisotopic (exact) mass is 204 g/mol. The molecule has 0 aliphatic heterocycles. The highest BCUT2D eigenvalue weighted by Crippen LogP contribution is 2.26. The average Bonchev–Trinajstić information content (AvgIpc) is 2.10. The van der Waals surface area contributed by atoms with Gasteiger partial charge >= 0.3 is 7.32 Å². The molecule has 0 aliphatic rings. The number of methoxy groups -OCH3 is 1. The van der Waals surface area contributed by atoms with E-state index in [1.807, 2.05) is 0 Å². The van der Waals surface area contributed by atoms with Gasteiger partial charge in [-0.3, -0.25) is 0 Å². The molecule has 4 nitrogen and oxygen atoms in total. The Morgan fingerprint density at radius 2 is 1.64 bits per heavy atom. The van der Waals surface area contributed by atoms with Gasteiger partial charge in [0, 0.05) is 12.1 Å². The third kappa shape index (κ3) is 2.33. The first-order chi connectivity index (χ1) is 6.54. The predicted molar refractivity (Wildman–Crippen MR) is 43.7 cm³/mol. The standard InChI is InChI=1S/C7H7BF2O4/c1-13-6-2-5(10)7(3-4(6)9)14-8(11)12/h2-3,11-12H,1H3. The number of halogens is 2. The molecule has 1 aromatic carbocycles. The lowest BCUT2D eigenvalue weighted by Crippen LogP contribution is -2.21. The van der Waals surface area contributed by atoms with Crippen molar-refractivity contribution < 1.29 is 28.2 Å². The smallest absolute Gasteiger partial charge is 0.509 e. The molecule has 0 saturated heterocycles. The van der Waals surface area contributed by atoms with Crippen molar-refractivity contribution >= 4 is 7.32 Å². The maximum Gasteiger partial charge on any atom is 0.707 e. The SMILES string of the molecule is COc1cc(F)c(OB(O)O)cc1F. The number of hydrogen-bond donors (Lipinski definition) is 2. The molecule has 0 unspecified atom stereocenters. The molecule has 14 heavy (non-hydrogen) atoms. The van der Waals surface area contributed by atoms with Crippen molar-refractivity contribution in [1.29, 1.82) is 0 Å². The van der Waals surface area contributed by atoms with Crippen LogP contribution in [0.15, 0.2) is 12.1 Å². The van der Waals surface area contributed by atoms with E-state index in [0.29, 0.717) is 6.07 Å². The zero-order chi connectivity index (χ0) is 10.7. The summed E-state index contributed by atoms with van der Waals surface area (Å²) >= 11 is 0. The lowest BCUT2D eigenvalue weighted by molar-refractivity contribution is 0.280. The van der Waals surface area contributed by atoms with Crippen molar-refractivity contribution in [2.24, 2.45) is 0 Å². The maximum atomic E-state index is 13.0. The minimum absolute atomic E-state index is 0.290. The van der Waals surface area contributed by atoms with E-state index >= 15 is 0 Å². The van der Waals surface area contributed by atoms with Crippen molar-refractivity contribution in [1.82, 2.24) is 0 Å². The van der Waals surface area contributed by atoms with Crippen LogP contribution in [0.2, 0.25) is 0 Å². The fraction of sp³-hybridized carbons (Fsp3) is 0.143. The molecule has 0 aliphatic carbocycles. The largest absolute Gasteiger partial charge is 0.707 e. The third-order valence-corrected chi connectivity index (χ3v) is 1.44. The second kappa shape index (κ2) is 4.25. The second-order valence-corrected chi connectivity index (χ2v) is 2.36. The van der Waals surface area contributed by atoms with E-state index < -0.39 is 24.7 Å². The van der Waals surface area contributed by atoms with Crippen LogP contribution in [-0.4, -0.2) is 24.5 Å². The zero-order valence-electron chi connectivity index (χ0n) is 7.20. The minimum atomic E-state index is -2.20. The summed E-state index contributed by atoms with van der Waals surface area (Å²) in [6.07, 6.45) is 0. The third-order valence-electron chi connectivity index (χ3n) is 1.44. The van der Waals surface area contributed by atoms with Gasteiger partial charge in [0.2, 0.25) is 0 Å². The van der Waals surface area contributed by atoms with Crippen LogP contribution in [-0.2, 0) is 0 Å². The summed E-state index contributed by atoms with van der Waals surface area (Å²) in [5, 5.41) is 16.7. The van der Waals surface area contributed by atoms with Gasteiger partial charge < -0.3 is 19.4 Å². The molecule has 0 fully saturated rings. The highest BCUT2D eigenvalue weighted by molar-refractivity contribution is 6.33. The minimum Gasteiger partial charge on any atom is -0.509 e. The van der Waals surface area contributed by atoms with Crippen LogP contribution in [0.25, 0.3) is 0 Å². The van der Waals surface area contributed by atoms with Gasteiger partial charge in [-0.1, -0.05) is 0 Å². The second-order valence-electron chi connectivity index (χ2n) is 2.36. The first-order valence-electron chi connectivity index (χ1n) is 3.60. The fourth-order valence-electron chi connectivity index (χ4n) is 0.871. The molecule has 0 amide bonds. The quantitative estimate of drug-likeness (QED) is 0.696. The highest BCUT2D eigenvalue weighted by Gasteiger charge is 2.17. The molecule has 0 saturated carbocycles. The number of benzene rings is 1. The molecule has 0 bridgehead atoms. The molecule has 0 heterocycles. The number of ether oxygens (including phenoxy) is 1. The summed E-state index contributed by atoms with van der Waals surface area (Å²) in [4.78, 5) is 0. The topological polar surface area (TPSA) is 58.9 Å². The number of rotatable bonds is 3. The van der Waals surface area contributed by atoms with Crippen LogP contribution in [0.3, 0.4) is 0 Å². The normalized spacial score (nSPS) is 9.79. The molecular weight excluding hydrogens is 197 g/mol. The van der Waals surface area contributed by atoms with E-state index in [9.17, 15) is 8.78 Å². The first kappa shape index (κ1) is 10.7. The Morgan fingerprint density at radius 1 is 1.14 bits per heavy atom. The predicted octanol–water partition coefficient (Wildman–Crippen LogP) is 0.322. The van der Waals surface area contributed by atoms with Gasteiger partial charge in [0.15, 0.2) is 17.4 Å². The van der Waals surface area contributed by atoms with Crippen LogP contribution >= 0.6 is 0 Å². The van der Waals surface area contributed by atoms with Crippen molar-refractivity contribution in [2.45, 2.75) is 0 Å². The van der Waals surface area contributed by atoms with Crippen LogP contribution in [0.1, 0.15) is 0 Å². The van der Waals surface area contributed by atoms with Gasteiger partial charge in [-0.25, -0.2) is 8.78 Å². The lowest BCUT2D eigenvalue weighted by Gasteiger charge is -2.08. The molecule has 2 N–H and O–H groups in total. The Balaban J connectivity index is 3.02. The lowest BCUT2D eigenvalue weighted by atomic mass is 10.2. The first-order valence-corrected chi connectivity index (χ1v) is 3.60. The van der Waals surface area contributed by atoms with Crippen LogP contribution in [0.4, 0.5) is 8.78 Å². The van der Waals surface area contributed by atoms with Gasteiger partial charge in [-0.05, 0) is 0 Å². The van der Waals surface area contributed by atoms with Gasteiger partial charge in [0.05, 0.1) is 7.11 Å². The molecule has 1 rings (SSSR count). The summed E-state index contributed by atoms with van der Waals surface area (Å²) in [5.41, 5.74) is 0. The van der Waals surface area contributed by atoms with Crippen molar-refractivity contribution in [3.63, 3.8) is 0 Å². The Hall–Kier alpha value is -1.34. The van der Waals surface area contributed by atoms with Crippen LogP contribution in [0.5, 0.6) is 11.5 Å². The molecule has 0 radical (unpaired) electrons. The average molecular weight is 204 g/mol. The maximum absolute atomic E-state index is 13.0. The summed E-state index contributed by atoms with van der Waals surface area (Å²) in [6, 6.07) is 1.40. The van der Waals surface area contributed by atoms with E-state index in [-0.39, 0.29) is 5.75 Å². The van der Waals surface area contributed by atoms with Crippen LogP contribution < -0.4 is 9.39 Å².